The Morgan fingerprint density at radius 2 is 0.471 bits per heavy atom. The van der Waals surface area contributed by atoms with Gasteiger partial charge in [0.15, 0.2) is 11.6 Å². The first-order valence-electron chi connectivity index (χ1n) is 34.1. The van der Waals surface area contributed by atoms with Crippen LogP contribution in [0.1, 0.15) is 0 Å². The molecule has 0 N–H and O–H groups in total. The molecule has 21 aromatic rings. The number of benzene rings is 11. The summed E-state index contributed by atoms with van der Waals surface area (Å²) in [7, 11) is 0. The molecular formula is C90H52N14. The molecule has 0 amide bonds. The summed E-state index contributed by atoms with van der Waals surface area (Å²) in [6.07, 6.45) is 9.60. The molecule has 0 saturated carbocycles. The molecule has 14 nitrogen and oxygen atoms in total. The lowest BCUT2D eigenvalue weighted by Crippen LogP contribution is -1.95. The molecule has 21 rings (SSSR count). The minimum Gasteiger partial charge on any atom is -0.254 e. The van der Waals surface area contributed by atoms with Crippen LogP contribution in [0.25, 0.3) is 210 Å². The fourth-order valence-electron chi connectivity index (χ4n) is 14.5. The molecule has 10 aromatic heterocycles. The molecule has 482 valence electrons. The van der Waals surface area contributed by atoms with Gasteiger partial charge in [-0.05, 0) is 164 Å². The quantitative estimate of drug-likeness (QED) is 0.104. The number of nitrogens with zero attached hydrogens (tertiary/aromatic N) is 14. The summed E-state index contributed by atoms with van der Waals surface area (Å²) in [4.78, 5) is 64.3. The summed E-state index contributed by atoms with van der Waals surface area (Å²) < 4.78 is 0. The van der Waals surface area contributed by atoms with Crippen molar-refractivity contribution in [3.63, 3.8) is 0 Å². The van der Waals surface area contributed by atoms with Gasteiger partial charge in [0, 0.05) is 77.7 Å². The molecule has 0 aliphatic rings. The Bertz CT molecular complexity index is 7020. The predicted octanol–water partition coefficient (Wildman–Crippen LogP) is 20.9. The zero-order valence-electron chi connectivity index (χ0n) is 55.3. The Kier molecular flexibility index (Phi) is 14.2. The maximum atomic E-state index is 5.30. The third kappa shape index (κ3) is 10.7. The molecule has 10 heterocycles. The van der Waals surface area contributed by atoms with E-state index in [1.807, 2.05) is 48.8 Å². The highest BCUT2D eigenvalue weighted by Crippen LogP contribution is 2.44. The Labute approximate surface area is 593 Å². The highest BCUT2D eigenvalue weighted by molar-refractivity contribution is 6.21. The highest BCUT2D eigenvalue weighted by atomic mass is 15.0. The lowest BCUT2D eigenvalue weighted by molar-refractivity contribution is 1.04. The van der Waals surface area contributed by atoms with Crippen LogP contribution in [0.3, 0.4) is 0 Å². The van der Waals surface area contributed by atoms with Gasteiger partial charge in [-0.15, -0.1) is 0 Å². The lowest BCUT2D eigenvalue weighted by atomic mass is 9.88. The number of hydrogen-bond donors (Lipinski definition) is 0. The normalized spacial score (nSPS) is 11.7. The molecule has 0 aliphatic heterocycles. The molecule has 0 bridgehead atoms. The lowest BCUT2D eigenvalue weighted by Gasteiger charge is -2.17. The molecule has 0 fully saturated rings. The summed E-state index contributed by atoms with van der Waals surface area (Å²) in [5, 5.41) is 15.4. The average Bonchev–Trinajstić information content (AvgIpc) is 0.740. The minimum absolute atomic E-state index is 0.558. The van der Waals surface area contributed by atoms with Crippen molar-refractivity contribution in [3.05, 3.63) is 317 Å². The van der Waals surface area contributed by atoms with E-state index in [4.69, 9.17) is 34.9 Å². The van der Waals surface area contributed by atoms with Gasteiger partial charge in [-0.2, -0.15) is 0 Å². The zero-order valence-corrected chi connectivity index (χ0v) is 55.3. The van der Waals surface area contributed by atoms with Crippen LogP contribution in [0.15, 0.2) is 317 Å². The Morgan fingerprint density at radius 3 is 0.885 bits per heavy atom. The molecule has 104 heavy (non-hydrogen) atoms. The second-order valence-electron chi connectivity index (χ2n) is 25.8. The van der Waals surface area contributed by atoms with Crippen molar-refractivity contribution in [2.45, 2.75) is 0 Å². The Morgan fingerprint density at radius 1 is 0.183 bits per heavy atom. The van der Waals surface area contributed by atoms with Crippen molar-refractivity contribution in [2.75, 3.05) is 0 Å². The minimum atomic E-state index is 0.558. The van der Waals surface area contributed by atoms with Gasteiger partial charge in [0.1, 0.15) is 36.7 Å². The molecule has 14 heteroatoms. The van der Waals surface area contributed by atoms with Gasteiger partial charge in [0.25, 0.3) is 0 Å². The van der Waals surface area contributed by atoms with E-state index in [9.17, 15) is 0 Å². The van der Waals surface area contributed by atoms with Gasteiger partial charge in [0.05, 0.1) is 66.9 Å². The van der Waals surface area contributed by atoms with E-state index in [2.05, 4.69) is 278 Å². The van der Waals surface area contributed by atoms with Crippen LogP contribution < -0.4 is 0 Å². The molecule has 0 radical (unpaired) electrons. The Hall–Kier alpha value is -14.5. The third-order valence-corrected chi connectivity index (χ3v) is 19.6. The van der Waals surface area contributed by atoms with Crippen LogP contribution in [0, 0.1) is 0 Å². The summed E-state index contributed by atoms with van der Waals surface area (Å²) in [6.45, 7) is 0. The fraction of sp³-hybridized carbons (Fsp3) is 0. The van der Waals surface area contributed by atoms with Crippen molar-refractivity contribution in [1.29, 1.82) is 0 Å². The van der Waals surface area contributed by atoms with Crippen molar-refractivity contribution in [1.82, 2.24) is 69.8 Å². The van der Waals surface area contributed by atoms with Gasteiger partial charge in [-0.3, -0.25) is 9.97 Å². The van der Waals surface area contributed by atoms with E-state index in [0.29, 0.717) is 11.6 Å². The molecule has 0 atom stereocenters. The smallest absolute Gasteiger partial charge is 0.181 e. The second-order valence-corrected chi connectivity index (χ2v) is 25.8. The highest BCUT2D eigenvalue weighted by Gasteiger charge is 2.20. The van der Waals surface area contributed by atoms with Gasteiger partial charge < -0.3 is 0 Å². The van der Waals surface area contributed by atoms with Crippen LogP contribution >= 0.6 is 0 Å². The zero-order chi connectivity index (χ0) is 68.6. The van der Waals surface area contributed by atoms with Crippen molar-refractivity contribution < 1.29 is 0 Å². The fourth-order valence-corrected chi connectivity index (χ4v) is 14.5. The summed E-state index contributed by atoms with van der Waals surface area (Å²) >= 11 is 0. The second kappa shape index (κ2) is 24.7. The van der Waals surface area contributed by atoms with Crippen LogP contribution in [0.2, 0.25) is 0 Å². The first-order valence-corrected chi connectivity index (χ1v) is 34.1. The maximum absolute atomic E-state index is 5.30. The van der Waals surface area contributed by atoms with Gasteiger partial charge >= 0.3 is 0 Å². The van der Waals surface area contributed by atoms with E-state index < -0.39 is 0 Å². The largest absolute Gasteiger partial charge is 0.254 e. The predicted molar refractivity (Wildman–Crippen MR) is 418 cm³/mol. The summed E-state index contributed by atoms with van der Waals surface area (Å²) in [5.74, 6) is 1.12. The molecule has 0 saturated heterocycles. The van der Waals surface area contributed by atoms with Crippen LogP contribution in [-0.4, -0.2) is 69.8 Å². The monoisotopic (exact) mass is 1330 g/mol. The Balaban J connectivity index is 0.000000139. The number of rotatable bonds is 8. The van der Waals surface area contributed by atoms with Gasteiger partial charge in [0.2, 0.25) is 0 Å². The summed E-state index contributed by atoms with van der Waals surface area (Å²) in [5.41, 5.74) is 21.4. The van der Waals surface area contributed by atoms with Crippen LogP contribution in [0.4, 0.5) is 0 Å². The molecule has 0 spiro atoms. The van der Waals surface area contributed by atoms with Crippen LogP contribution in [0.5, 0.6) is 0 Å². The SMILES string of the molecule is c1cnc2c(c1)ccc1ccc(-c3c4ccccc4c(-c4ccc5cc(-c6ccc7nc(-c8ncncn8)ccc7c6)ccc5n4)c4ccccc34)nc12.c1cnc2c(c1)ccc1ccc(-c3ccc4cc(-c5ccc6cc(-c7ccc8nc(-c9ncncn9)ccc8c7)ccc6n5)ccc4c3)nc12. The van der Waals surface area contributed by atoms with Gasteiger partial charge in [-0.25, -0.2) is 59.8 Å². The third-order valence-electron chi connectivity index (χ3n) is 19.6. The maximum Gasteiger partial charge on any atom is 0.181 e. The van der Waals surface area contributed by atoms with E-state index in [0.717, 1.165) is 198 Å². The van der Waals surface area contributed by atoms with Crippen molar-refractivity contribution >= 4 is 120 Å². The molecule has 0 unspecified atom stereocenters. The molecule has 0 aliphatic carbocycles. The first-order chi connectivity index (χ1) is 51.5. The number of pyridine rings is 8. The topological polar surface area (TPSA) is 180 Å². The van der Waals surface area contributed by atoms with E-state index in [1.54, 1.807) is 0 Å². The number of hydrogen-bond acceptors (Lipinski definition) is 14. The number of fused-ring (bicyclic) bond motifs is 13. The van der Waals surface area contributed by atoms with E-state index in [-0.39, 0.29) is 0 Å². The van der Waals surface area contributed by atoms with E-state index in [1.165, 1.54) is 25.3 Å². The van der Waals surface area contributed by atoms with Crippen molar-refractivity contribution in [3.8, 4) is 90.3 Å². The van der Waals surface area contributed by atoms with E-state index >= 15 is 0 Å². The van der Waals surface area contributed by atoms with Gasteiger partial charge in [-0.1, -0.05) is 170 Å². The standard InChI is InChI=1S/C47H27N7.C43H25N7/c1-3-9-36-34(7-1)43(35-8-2-4-10-37(35)44(36)41-20-13-29-12-11-28-6-5-23-49-45(28)46(29)54-41)40-21-16-32-24-30(14-18-38(32)52-40)31-15-19-39-33(25-31)17-22-42(53-39)47-50-26-48-27-51-47;1-2-26-3-4-27-9-14-39(50-42(27)41(26)45-19-1)33-8-6-28-20-32(7-5-29(28)21-33)37-17-12-34-22-30(10-15-36(34)48-37)31-11-16-38-35(23-31)13-18-40(49-38)43-46-24-44-25-47-43/h1-27H;1-25H. The summed E-state index contributed by atoms with van der Waals surface area (Å²) in [6, 6.07) is 97.5. The number of aromatic nitrogens is 14. The van der Waals surface area contributed by atoms with Crippen molar-refractivity contribution in [2.24, 2.45) is 0 Å². The average molecular weight is 1330 g/mol. The first kappa shape index (κ1) is 59.5. The molecular weight excluding hydrogens is 1280 g/mol. The van der Waals surface area contributed by atoms with Crippen LogP contribution in [-0.2, 0) is 0 Å². The molecule has 11 aromatic carbocycles.